The van der Waals surface area contributed by atoms with E-state index in [1.807, 2.05) is 0 Å². The van der Waals surface area contributed by atoms with Gasteiger partial charge in [0.25, 0.3) is 5.69 Å². The van der Waals surface area contributed by atoms with Crippen LogP contribution in [0.1, 0.15) is 27.2 Å². The Balaban J connectivity index is 2.08. The number of nitro benzene ring substituents is 1. The lowest BCUT2D eigenvalue weighted by Gasteiger charge is -2.26. The average Bonchev–Trinajstić information content (AvgIpc) is 2.67. The minimum atomic E-state index is -0.592. The lowest BCUT2D eigenvalue weighted by molar-refractivity contribution is -0.384. The van der Waals surface area contributed by atoms with Gasteiger partial charge in [0.05, 0.1) is 4.92 Å². The second kappa shape index (κ2) is 6.86. The highest BCUT2D eigenvalue weighted by Gasteiger charge is 2.28. The predicted octanol–water partition coefficient (Wildman–Crippen LogP) is 2.57. The molecule has 1 aliphatic heterocycles. The molecule has 8 nitrogen and oxygen atoms in total. The van der Waals surface area contributed by atoms with E-state index in [9.17, 15) is 19.7 Å². The molecule has 0 aromatic heterocycles. The number of nitro groups is 1. The molecule has 2 rings (SSSR count). The molecule has 1 heterocycles. The van der Waals surface area contributed by atoms with Crippen molar-refractivity contribution in [2.24, 2.45) is 0 Å². The first-order valence-electron chi connectivity index (χ1n) is 7.70. The molecule has 0 N–H and O–H groups in total. The summed E-state index contributed by atoms with van der Waals surface area (Å²) in [5.41, 5.74) is -0.0427. The summed E-state index contributed by atoms with van der Waals surface area (Å²) in [6.07, 6.45) is -0.267. The quantitative estimate of drug-likeness (QED) is 0.612. The molecule has 1 fully saturated rings. The van der Waals surface area contributed by atoms with Gasteiger partial charge in [0.1, 0.15) is 5.60 Å². The van der Waals surface area contributed by atoms with E-state index in [1.54, 1.807) is 32.9 Å². The van der Waals surface area contributed by atoms with Crippen molar-refractivity contribution in [3.8, 4) is 0 Å². The monoisotopic (exact) mass is 335 g/mol. The number of benzene rings is 1. The van der Waals surface area contributed by atoms with Crippen molar-refractivity contribution in [2.75, 3.05) is 24.5 Å². The van der Waals surface area contributed by atoms with E-state index in [4.69, 9.17) is 4.74 Å². The van der Waals surface area contributed by atoms with Gasteiger partial charge >= 0.3 is 6.09 Å². The maximum Gasteiger partial charge on any atom is 0.410 e. The van der Waals surface area contributed by atoms with Gasteiger partial charge in [0.2, 0.25) is 5.91 Å². The summed E-state index contributed by atoms with van der Waals surface area (Å²) in [6, 6.07) is 5.80. The Bertz CT molecular complexity index is 636. The molecule has 2 amide bonds. The Hall–Kier alpha value is -2.64. The summed E-state index contributed by atoms with van der Waals surface area (Å²) in [4.78, 5) is 37.7. The van der Waals surface area contributed by atoms with Crippen LogP contribution in [-0.4, -0.2) is 47.1 Å². The van der Waals surface area contributed by atoms with Crippen LogP contribution in [0.15, 0.2) is 24.3 Å². The van der Waals surface area contributed by atoms with Crippen molar-refractivity contribution in [3.05, 3.63) is 34.4 Å². The molecule has 0 saturated carbocycles. The van der Waals surface area contributed by atoms with Gasteiger partial charge in [-0.05, 0) is 32.9 Å². The molecule has 1 aliphatic rings. The molecule has 0 aliphatic carbocycles. The first kappa shape index (κ1) is 17.7. The maximum atomic E-state index is 12.3. The number of carbonyl (C=O) groups is 2. The van der Waals surface area contributed by atoms with E-state index >= 15 is 0 Å². The zero-order valence-corrected chi connectivity index (χ0v) is 14.0. The fraction of sp³-hybridized carbons (Fsp3) is 0.500. The van der Waals surface area contributed by atoms with Gasteiger partial charge in [0.15, 0.2) is 0 Å². The first-order valence-corrected chi connectivity index (χ1v) is 7.70. The summed E-state index contributed by atoms with van der Waals surface area (Å²) in [6.45, 7) is 6.32. The van der Waals surface area contributed by atoms with Crippen LogP contribution in [0.4, 0.5) is 16.2 Å². The molecule has 1 saturated heterocycles. The molecule has 24 heavy (non-hydrogen) atoms. The van der Waals surface area contributed by atoms with Crippen molar-refractivity contribution < 1.29 is 19.2 Å². The third kappa shape index (κ3) is 4.43. The SMILES string of the molecule is CC(C)(C)OC(=O)N1CCC(=O)N(c2ccc([N+](=O)[O-])cc2)CC1. The summed E-state index contributed by atoms with van der Waals surface area (Å²) in [5.74, 6) is -0.130. The van der Waals surface area contributed by atoms with Gasteiger partial charge in [-0.15, -0.1) is 0 Å². The third-order valence-corrected chi connectivity index (χ3v) is 3.51. The third-order valence-electron chi connectivity index (χ3n) is 3.51. The topological polar surface area (TPSA) is 93.0 Å². The van der Waals surface area contributed by atoms with Gasteiger partial charge < -0.3 is 14.5 Å². The molecule has 1 aromatic rings. The van der Waals surface area contributed by atoms with E-state index in [2.05, 4.69) is 0 Å². The molecular weight excluding hydrogens is 314 g/mol. The Kier molecular flexibility index (Phi) is 5.06. The van der Waals surface area contributed by atoms with E-state index in [-0.39, 0.29) is 24.6 Å². The zero-order chi connectivity index (χ0) is 17.9. The minimum absolute atomic E-state index is 0.0311. The number of hydrogen-bond acceptors (Lipinski definition) is 5. The van der Waals surface area contributed by atoms with Gasteiger partial charge in [-0.1, -0.05) is 0 Å². The fourth-order valence-electron chi connectivity index (χ4n) is 2.36. The smallest absolute Gasteiger partial charge is 0.410 e. The van der Waals surface area contributed by atoms with Gasteiger partial charge in [-0.25, -0.2) is 4.79 Å². The number of rotatable bonds is 2. The van der Waals surface area contributed by atoms with Crippen molar-refractivity contribution in [2.45, 2.75) is 32.8 Å². The highest BCUT2D eigenvalue weighted by Crippen LogP contribution is 2.22. The second-order valence-electron chi connectivity index (χ2n) is 6.54. The standard InChI is InChI=1S/C16H21N3O5/c1-16(2,3)24-15(21)17-9-8-14(20)18(11-10-17)12-4-6-13(7-5-12)19(22)23/h4-7H,8-11H2,1-3H3. The molecule has 8 heteroatoms. The maximum absolute atomic E-state index is 12.3. The van der Waals surface area contributed by atoms with Crippen molar-refractivity contribution in [3.63, 3.8) is 0 Å². The summed E-state index contributed by atoms with van der Waals surface area (Å²) < 4.78 is 5.33. The van der Waals surface area contributed by atoms with Crippen LogP contribution >= 0.6 is 0 Å². The molecule has 0 unspecified atom stereocenters. The number of hydrogen-bond donors (Lipinski definition) is 0. The minimum Gasteiger partial charge on any atom is -0.444 e. The number of amides is 2. The molecule has 0 bridgehead atoms. The summed E-state index contributed by atoms with van der Waals surface area (Å²) in [5, 5.41) is 10.7. The predicted molar refractivity (Wildman–Crippen MR) is 87.9 cm³/mol. The van der Waals surface area contributed by atoms with Crippen LogP contribution in [0.3, 0.4) is 0 Å². The highest BCUT2D eigenvalue weighted by atomic mass is 16.6. The average molecular weight is 335 g/mol. The number of ether oxygens (including phenoxy) is 1. The normalized spacial score (nSPS) is 15.9. The van der Waals surface area contributed by atoms with E-state index in [0.717, 1.165) is 0 Å². The Labute approximate surface area is 140 Å². The van der Waals surface area contributed by atoms with Crippen LogP contribution < -0.4 is 4.90 Å². The molecule has 0 atom stereocenters. The van der Waals surface area contributed by atoms with Gasteiger partial charge in [-0.2, -0.15) is 0 Å². The van der Waals surface area contributed by atoms with E-state index < -0.39 is 16.6 Å². The van der Waals surface area contributed by atoms with Crippen LogP contribution in [0.2, 0.25) is 0 Å². The van der Waals surface area contributed by atoms with Crippen LogP contribution in [0, 0.1) is 10.1 Å². The lowest BCUT2D eigenvalue weighted by Crippen LogP contribution is -2.39. The van der Waals surface area contributed by atoms with Crippen LogP contribution in [-0.2, 0) is 9.53 Å². The van der Waals surface area contributed by atoms with Crippen molar-refractivity contribution >= 4 is 23.4 Å². The second-order valence-corrected chi connectivity index (χ2v) is 6.54. The van der Waals surface area contributed by atoms with Crippen LogP contribution in [0.5, 0.6) is 0 Å². The van der Waals surface area contributed by atoms with Gasteiger partial charge in [0, 0.05) is 43.9 Å². The van der Waals surface area contributed by atoms with Crippen molar-refractivity contribution in [1.82, 2.24) is 4.90 Å². The Morgan fingerprint density at radius 3 is 2.33 bits per heavy atom. The number of anilines is 1. The molecule has 0 spiro atoms. The summed E-state index contributed by atoms with van der Waals surface area (Å²) >= 11 is 0. The number of carbonyl (C=O) groups excluding carboxylic acids is 2. The van der Waals surface area contributed by atoms with Crippen molar-refractivity contribution in [1.29, 1.82) is 0 Å². The molecule has 130 valence electrons. The number of non-ortho nitro benzene ring substituents is 1. The largest absolute Gasteiger partial charge is 0.444 e. The van der Waals surface area contributed by atoms with E-state index in [1.165, 1.54) is 21.9 Å². The summed E-state index contributed by atoms with van der Waals surface area (Å²) in [7, 11) is 0. The Morgan fingerprint density at radius 2 is 1.79 bits per heavy atom. The lowest BCUT2D eigenvalue weighted by atomic mass is 10.2. The van der Waals surface area contributed by atoms with Gasteiger partial charge in [-0.3, -0.25) is 14.9 Å². The highest BCUT2D eigenvalue weighted by molar-refractivity contribution is 5.94. The molecular formula is C16H21N3O5. The van der Waals surface area contributed by atoms with Crippen LogP contribution in [0.25, 0.3) is 0 Å². The zero-order valence-electron chi connectivity index (χ0n) is 14.0. The fourth-order valence-corrected chi connectivity index (χ4v) is 2.36. The number of nitrogens with zero attached hydrogens (tertiary/aromatic N) is 3. The first-order chi connectivity index (χ1) is 11.2. The molecule has 1 aromatic carbocycles. The van der Waals surface area contributed by atoms with E-state index in [0.29, 0.717) is 18.8 Å². The molecule has 0 radical (unpaired) electrons. The Morgan fingerprint density at radius 1 is 1.17 bits per heavy atom.